The average molecular weight is 436 g/mol. The van der Waals surface area contributed by atoms with Gasteiger partial charge in [-0.05, 0) is 43.7 Å². The first-order chi connectivity index (χ1) is 13.8. The second-order valence-electron chi connectivity index (χ2n) is 7.60. The molecule has 3 rings (SSSR count). The van der Waals surface area contributed by atoms with Gasteiger partial charge in [-0.3, -0.25) is 14.4 Å². The summed E-state index contributed by atoms with van der Waals surface area (Å²) in [5.41, 5.74) is 1.59. The Morgan fingerprint density at radius 3 is 2.59 bits per heavy atom. The Kier molecular flexibility index (Phi) is 7.32. The summed E-state index contributed by atoms with van der Waals surface area (Å²) in [6.45, 7) is 2.48. The van der Waals surface area contributed by atoms with Gasteiger partial charge in [-0.1, -0.05) is 37.5 Å². The van der Waals surface area contributed by atoms with E-state index in [0.29, 0.717) is 24.8 Å². The molecular formula is C21H29N3O3S2. The molecule has 0 atom stereocenters. The fourth-order valence-electron chi connectivity index (χ4n) is 3.68. The van der Waals surface area contributed by atoms with Crippen molar-refractivity contribution < 1.29 is 13.2 Å². The first kappa shape index (κ1) is 21.8. The number of carbonyl (C=O) groups is 1. The van der Waals surface area contributed by atoms with Gasteiger partial charge in [0.1, 0.15) is 4.21 Å². The lowest BCUT2D eigenvalue weighted by Crippen LogP contribution is -2.33. The number of carbonyl (C=O) groups excluding carboxylic acids is 1. The number of rotatable bonds is 8. The van der Waals surface area contributed by atoms with Crippen molar-refractivity contribution in [3.8, 4) is 0 Å². The van der Waals surface area contributed by atoms with E-state index in [1.807, 2.05) is 24.3 Å². The van der Waals surface area contributed by atoms with Crippen LogP contribution < -0.4 is 10.0 Å². The number of hydrogen-bond acceptors (Lipinski definition) is 5. The molecule has 1 amide bonds. The highest BCUT2D eigenvalue weighted by Crippen LogP contribution is 2.28. The molecule has 1 aromatic carbocycles. The molecule has 1 saturated carbocycles. The number of benzene rings is 1. The van der Waals surface area contributed by atoms with Crippen molar-refractivity contribution >= 4 is 33.0 Å². The number of hydrogen-bond donors (Lipinski definition) is 2. The first-order valence-corrected chi connectivity index (χ1v) is 12.3. The number of para-hydroxylation sites is 1. The molecule has 8 heteroatoms. The zero-order valence-corrected chi connectivity index (χ0v) is 18.6. The summed E-state index contributed by atoms with van der Waals surface area (Å²) >= 11 is 1.17. The maximum absolute atomic E-state index is 12.9. The lowest BCUT2D eigenvalue weighted by Gasteiger charge is -2.31. The summed E-state index contributed by atoms with van der Waals surface area (Å²) in [5, 5.41) is 2.69. The first-order valence-electron chi connectivity index (χ1n) is 9.99. The second-order valence-corrected chi connectivity index (χ2v) is 10.7. The van der Waals surface area contributed by atoms with Crippen molar-refractivity contribution in [2.45, 2.75) is 62.4 Å². The van der Waals surface area contributed by atoms with E-state index < -0.39 is 10.0 Å². The van der Waals surface area contributed by atoms with E-state index in [2.05, 4.69) is 22.0 Å². The minimum Gasteiger partial charge on any atom is -0.351 e. The minimum atomic E-state index is -3.68. The van der Waals surface area contributed by atoms with Gasteiger partial charge < -0.3 is 5.32 Å². The van der Waals surface area contributed by atoms with Crippen molar-refractivity contribution in [3.63, 3.8) is 0 Å². The summed E-state index contributed by atoms with van der Waals surface area (Å²) < 4.78 is 28.8. The SMILES string of the molecule is CC(=O)NCc1ccc(S(=O)(=O)Nc2ccccc2CN(C)C2CCCCC2)s1. The van der Waals surface area contributed by atoms with Crippen LogP contribution in [0.15, 0.2) is 40.6 Å². The monoisotopic (exact) mass is 435 g/mol. The maximum atomic E-state index is 12.9. The highest BCUT2D eigenvalue weighted by Gasteiger charge is 2.21. The molecule has 0 spiro atoms. The molecule has 1 aliphatic rings. The van der Waals surface area contributed by atoms with Crippen LogP contribution in [0.2, 0.25) is 0 Å². The van der Waals surface area contributed by atoms with Gasteiger partial charge in [0, 0.05) is 24.4 Å². The number of amides is 1. The van der Waals surface area contributed by atoms with E-state index in [1.54, 1.807) is 12.1 Å². The van der Waals surface area contributed by atoms with Gasteiger partial charge in [-0.2, -0.15) is 0 Å². The Morgan fingerprint density at radius 2 is 1.86 bits per heavy atom. The average Bonchev–Trinajstić information content (AvgIpc) is 3.18. The number of nitrogens with one attached hydrogen (secondary N) is 2. The Labute approximate surface area is 177 Å². The second kappa shape index (κ2) is 9.73. The van der Waals surface area contributed by atoms with Crippen LogP contribution in [0.25, 0.3) is 0 Å². The molecule has 0 aliphatic heterocycles. The standard InChI is InChI=1S/C21H29N3O3S2/c1-16(25)22-14-19-12-13-21(28-19)29(26,27)23-20-11-7-6-8-17(20)15-24(2)18-9-4-3-5-10-18/h6-8,11-13,18,23H,3-5,9-10,14-15H2,1-2H3,(H,22,25). The van der Waals surface area contributed by atoms with Gasteiger partial charge in [0.05, 0.1) is 12.2 Å². The molecule has 0 bridgehead atoms. The Balaban J connectivity index is 1.71. The van der Waals surface area contributed by atoms with Crippen LogP contribution in [0.5, 0.6) is 0 Å². The molecule has 0 radical (unpaired) electrons. The van der Waals surface area contributed by atoms with Crippen LogP contribution in [0, 0.1) is 0 Å². The van der Waals surface area contributed by atoms with Gasteiger partial charge in [0.15, 0.2) is 0 Å². The number of nitrogens with zero attached hydrogens (tertiary/aromatic N) is 1. The van der Waals surface area contributed by atoms with Crippen molar-refractivity contribution in [1.29, 1.82) is 0 Å². The third-order valence-corrected chi connectivity index (χ3v) is 8.24. The Bertz CT molecular complexity index is 934. The largest absolute Gasteiger partial charge is 0.351 e. The lowest BCUT2D eigenvalue weighted by molar-refractivity contribution is -0.119. The van der Waals surface area contributed by atoms with E-state index in [9.17, 15) is 13.2 Å². The molecule has 158 valence electrons. The zero-order valence-electron chi connectivity index (χ0n) is 17.0. The summed E-state index contributed by atoms with van der Waals surface area (Å²) in [5.74, 6) is -0.142. The molecule has 6 nitrogen and oxygen atoms in total. The fourth-order valence-corrected chi connectivity index (χ4v) is 6.08. The van der Waals surface area contributed by atoms with Crippen molar-refractivity contribution in [3.05, 3.63) is 46.8 Å². The summed E-state index contributed by atoms with van der Waals surface area (Å²) in [7, 11) is -1.56. The predicted octanol–water partition coefficient (Wildman–Crippen LogP) is 3.95. The normalized spacial score (nSPS) is 15.4. The van der Waals surface area contributed by atoms with Gasteiger partial charge in [0.25, 0.3) is 10.0 Å². The summed E-state index contributed by atoms with van der Waals surface area (Å²) in [4.78, 5) is 14.2. The van der Waals surface area contributed by atoms with E-state index >= 15 is 0 Å². The van der Waals surface area contributed by atoms with Gasteiger partial charge in [0.2, 0.25) is 5.91 Å². The molecule has 0 unspecified atom stereocenters. The Hall–Kier alpha value is -1.90. The molecule has 1 fully saturated rings. The molecule has 1 aromatic heterocycles. The molecule has 2 N–H and O–H groups in total. The molecule has 29 heavy (non-hydrogen) atoms. The van der Waals surface area contributed by atoms with Crippen molar-refractivity contribution in [2.24, 2.45) is 0 Å². The van der Waals surface area contributed by atoms with Crippen molar-refractivity contribution in [2.75, 3.05) is 11.8 Å². The van der Waals surface area contributed by atoms with Crippen LogP contribution in [0.3, 0.4) is 0 Å². The van der Waals surface area contributed by atoms with Crippen LogP contribution in [-0.2, 0) is 27.9 Å². The number of sulfonamides is 1. The van der Waals surface area contributed by atoms with Gasteiger partial charge >= 0.3 is 0 Å². The molecule has 2 aromatic rings. The minimum absolute atomic E-state index is 0.142. The summed E-state index contributed by atoms with van der Waals surface area (Å²) in [6.07, 6.45) is 6.25. The molecular weight excluding hydrogens is 406 g/mol. The highest BCUT2D eigenvalue weighted by atomic mass is 32.2. The Morgan fingerprint density at radius 1 is 1.14 bits per heavy atom. The van der Waals surface area contributed by atoms with Crippen molar-refractivity contribution in [1.82, 2.24) is 10.2 Å². The lowest BCUT2D eigenvalue weighted by atomic mass is 9.94. The van der Waals surface area contributed by atoms with Crippen LogP contribution in [0.4, 0.5) is 5.69 Å². The maximum Gasteiger partial charge on any atom is 0.271 e. The number of anilines is 1. The molecule has 1 heterocycles. The van der Waals surface area contributed by atoms with Crippen LogP contribution in [-0.4, -0.2) is 32.3 Å². The highest BCUT2D eigenvalue weighted by molar-refractivity contribution is 7.94. The van der Waals surface area contributed by atoms with E-state index in [-0.39, 0.29) is 10.1 Å². The predicted molar refractivity (Wildman–Crippen MR) is 117 cm³/mol. The third-order valence-electron chi connectivity index (χ3n) is 5.29. The van der Waals surface area contributed by atoms with Crippen LogP contribution in [0.1, 0.15) is 49.5 Å². The topological polar surface area (TPSA) is 78.5 Å². The van der Waals surface area contributed by atoms with Gasteiger partial charge in [-0.25, -0.2) is 8.42 Å². The van der Waals surface area contributed by atoms with Crippen LogP contribution >= 0.6 is 11.3 Å². The third kappa shape index (κ3) is 6.04. The van der Waals surface area contributed by atoms with Gasteiger partial charge in [-0.15, -0.1) is 11.3 Å². The smallest absolute Gasteiger partial charge is 0.271 e. The summed E-state index contributed by atoms with van der Waals surface area (Å²) in [6, 6.07) is 11.5. The molecule has 0 saturated heterocycles. The van der Waals surface area contributed by atoms with E-state index in [4.69, 9.17) is 0 Å². The number of thiophene rings is 1. The van der Waals surface area contributed by atoms with E-state index in [0.717, 1.165) is 10.4 Å². The zero-order chi connectivity index (χ0) is 20.9. The molecule has 1 aliphatic carbocycles. The fraction of sp³-hybridized carbons (Fsp3) is 0.476. The quantitative estimate of drug-likeness (QED) is 0.658. The van der Waals surface area contributed by atoms with E-state index in [1.165, 1.54) is 50.4 Å².